The first-order valence-electron chi connectivity index (χ1n) is 6.58. The fourth-order valence-corrected chi connectivity index (χ4v) is 1.75. The molecule has 0 aliphatic heterocycles. The summed E-state index contributed by atoms with van der Waals surface area (Å²) in [7, 11) is 0. The van der Waals surface area contributed by atoms with Crippen LogP contribution >= 0.6 is 0 Å². The molecule has 1 aliphatic rings. The van der Waals surface area contributed by atoms with Crippen LogP contribution in [0.2, 0.25) is 0 Å². The van der Waals surface area contributed by atoms with Gasteiger partial charge in [-0.2, -0.15) is 0 Å². The third-order valence-electron chi connectivity index (χ3n) is 2.76. The normalized spacial score (nSPS) is 18.9. The molecule has 0 aromatic rings. The van der Waals surface area contributed by atoms with E-state index in [9.17, 15) is 5.11 Å². The Balaban J connectivity index is 2.12. The van der Waals surface area contributed by atoms with Crippen molar-refractivity contribution in [1.29, 1.82) is 0 Å². The molecule has 1 fully saturated rings. The summed E-state index contributed by atoms with van der Waals surface area (Å²) in [5.41, 5.74) is 1.17. The summed E-state index contributed by atoms with van der Waals surface area (Å²) >= 11 is 0. The fourth-order valence-electron chi connectivity index (χ4n) is 1.75. The van der Waals surface area contributed by atoms with Crippen molar-refractivity contribution in [3.05, 3.63) is 0 Å². The molecule has 2 N–H and O–H groups in total. The summed E-state index contributed by atoms with van der Waals surface area (Å²) in [6.45, 7) is 7.02. The first-order chi connectivity index (χ1) is 7.97. The molecule has 0 aromatic carbocycles. The van der Waals surface area contributed by atoms with Gasteiger partial charge in [0.25, 0.3) is 0 Å². The minimum atomic E-state index is -0.498. The molecular formula is C13H26N2O2. The van der Waals surface area contributed by atoms with Crippen molar-refractivity contribution in [3.8, 4) is 0 Å². The first-order valence-corrected chi connectivity index (χ1v) is 6.58. The highest BCUT2D eigenvalue weighted by molar-refractivity contribution is 5.84. The molecule has 0 amide bonds. The Morgan fingerprint density at radius 3 is 2.53 bits per heavy atom. The van der Waals surface area contributed by atoms with Crippen LogP contribution in [0.15, 0.2) is 5.16 Å². The molecule has 4 nitrogen and oxygen atoms in total. The van der Waals surface area contributed by atoms with Crippen molar-refractivity contribution in [2.75, 3.05) is 13.2 Å². The van der Waals surface area contributed by atoms with Gasteiger partial charge in [-0.25, -0.2) is 0 Å². The van der Waals surface area contributed by atoms with Crippen LogP contribution in [0.25, 0.3) is 0 Å². The van der Waals surface area contributed by atoms with Gasteiger partial charge in [-0.1, -0.05) is 11.6 Å². The lowest BCUT2D eigenvalue weighted by Crippen LogP contribution is -2.42. The molecule has 17 heavy (non-hydrogen) atoms. The average Bonchev–Trinajstić information content (AvgIpc) is 2.27. The topological polar surface area (TPSA) is 53.8 Å². The number of β-amino-alcohol motifs (C(OH)–C–C–N with tert-alkyl or cyclic N) is 1. The Morgan fingerprint density at radius 1 is 1.29 bits per heavy atom. The molecule has 0 spiro atoms. The number of nitrogens with one attached hydrogen (secondary N) is 1. The minimum Gasteiger partial charge on any atom is -0.393 e. The molecule has 0 bridgehead atoms. The SMILES string of the molecule is CC(C)(C)NC[C@H](O)CON=C1CCCCC1. The summed E-state index contributed by atoms with van der Waals surface area (Å²) in [6, 6.07) is 0. The average molecular weight is 242 g/mol. The molecule has 100 valence electrons. The Kier molecular flexibility index (Phi) is 5.92. The van der Waals surface area contributed by atoms with Crippen LogP contribution in [0, 0.1) is 0 Å². The van der Waals surface area contributed by atoms with Crippen molar-refractivity contribution >= 4 is 5.71 Å². The molecule has 1 atom stereocenters. The number of hydrogen-bond donors (Lipinski definition) is 2. The Bertz CT molecular complexity index is 238. The van der Waals surface area contributed by atoms with Crippen LogP contribution in [0.5, 0.6) is 0 Å². The Morgan fingerprint density at radius 2 is 1.94 bits per heavy atom. The summed E-state index contributed by atoms with van der Waals surface area (Å²) in [4.78, 5) is 5.20. The molecule has 0 aromatic heterocycles. The minimum absolute atomic E-state index is 0.0241. The van der Waals surface area contributed by atoms with Gasteiger partial charge in [0.2, 0.25) is 0 Å². The second kappa shape index (κ2) is 6.97. The summed E-state index contributed by atoms with van der Waals surface area (Å²) in [6.07, 6.45) is 5.35. The van der Waals surface area contributed by atoms with Crippen molar-refractivity contribution in [1.82, 2.24) is 5.32 Å². The van der Waals surface area contributed by atoms with Gasteiger partial charge < -0.3 is 15.3 Å². The second-order valence-electron chi connectivity index (χ2n) is 5.80. The molecule has 0 unspecified atom stereocenters. The van der Waals surface area contributed by atoms with E-state index in [1.54, 1.807) is 0 Å². The van der Waals surface area contributed by atoms with Crippen LogP contribution in [0.1, 0.15) is 52.9 Å². The first kappa shape index (κ1) is 14.5. The number of nitrogens with zero attached hydrogens (tertiary/aromatic N) is 1. The van der Waals surface area contributed by atoms with Gasteiger partial charge in [0.1, 0.15) is 12.7 Å². The van der Waals surface area contributed by atoms with E-state index in [-0.39, 0.29) is 12.1 Å². The Labute approximate surface area is 104 Å². The highest BCUT2D eigenvalue weighted by Crippen LogP contribution is 2.14. The maximum absolute atomic E-state index is 9.69. The maximum Gasteiger partial charge on any atom is 0.144 e. The lowest BCUT2D eigenvalue weighted by molar-refractivity contribution is 0.0366. The molecule has 0 saturated heterocycles. The predicted octanol–water partition coefficient (Wildman–Crippen LogP) is 2.07. The number of rotatable bonds is 5. The smallest absolute Gasteiger partial charge is 0.144 e. The molecule has 0 radical (unpaired) electrons. The molecule has 0 heterocycles. The highest BCUT2D eigenvalue weighted by Gasteiger charge is 2.13. The number of aliphatic hydroxyl groups excluding tert-OH is 1. The quantitative estimate of drug-likeness (QED) is 0.726. The molecule has 1 aliphatic carbocycles. The van der Waals surface area contributed by atoms with Crippen LogP contribution < -0.4 is 5.32 Å². The Hall–Kier alpha value is -0.610. The highest BCUT2D eigenvalue weighted by atomic mass is 16.6. The largest absolute Gasteiger partial charge is 0.393 e. The van der Waals surface area contributed by atoms with E-state index in [1.807, 2.05) is 0 Å². The van der Waals surface area contributed by atoms with Crippen LogP contribution in [-0.2, 0) is 4.84 Å². The van der Waals surface area contributed by atoms with Crippen LogP contribution in [0.3, 0.4) is 0 Å². The van der Waals surface area contributed by atoms with Crippen LogP contribution in [-0.4, -0.2) is 35.6 Å². The van der Waals surface area contributed by atoms with Gasteiger partial charge in [0, 0.05) is 12.1 Å². The summed E-state index contributed by atoms with van der Waals surface area (Å²) in [5.74, 6) is 0. The summed E-state index contributed by atoms with van der Waals surface area (Å²) < 4.78 is 0. The van der Waals surface area contributed by atoms with Crippen molar-refractivity contribution in [2.24, 2.45) is 5.16 Å². The van der Waals surface area contributed by atoms with Gasteiger partial charge in [-0.15, -0.1) is 0 Å². The fraction of sp³-hybridized carbons (Fsp3) is 0.923. The maximum atomic E-state index is 9.69. The number of oxime groups is 1. The van der Waals surface area contributed by atoms with E-state index in [0.29, 0.717) is 6.54 Å². The van der Waals surface area contributed by atoms with E-state index in [4.69, 9.17) is 4.84 Å². The van der Waals surface area contributed by atoms with Crippen molar-refractivity contribution in [3.63, 3.8) is 0 Å². The molecule has 4 heteroatoms. The van der Waals surface area contributed by atoms with E-state index in [1.165, 1.54) is 19.3 Å². The lowest BCUT2D eigenvalue weighted by Gasteiger charge is -2.22. The van der Waals surface area contributed by atoms with Gasteiger partial charge in [-0.05, 0) is 46.5 Å². The third kappa shape index (κ3) is 7.34. The standard InChI is InChI=1S/C13H26N2O2/c1-13(2,3)14-9-12(16)10-17-15-11-7-5-4-6-8-11/h12,14,16H,4-10H2,1-3H3/t12-/m0/s1. The molecular weight excluding hydrogens is 216 g/mol. The molecule has 1 rings (SSSR count). The van der Waals surface area contributed by atoms with E-state index >= 15 is 0 Å². The van der Waals surface area contributed by atoms with Gasteiger partial charge in [-0.3, -0.25) is 0 Å². The second-order valence-corrected chi connectivity index (χ2v) is 5.80. The van der Waals surface area contributed by atoms with Crippen LogP contribution in [0.4, 0.5) is 0 Å². The lowest BCUT2D eigenvalue weighted by atomic mass is 9.99. The third-order valence-corrected chi connectivity index (χ3v) is 2.76. The zero-order valence-electron chi connectivity index (χ0n) is 11.3. The number of aliphatic hydroxyl groups is 1. The van der Waals surface area contributed by atoms with Gasteiger partial charge in [0.05, 0.1) is 5.71 Å². The van der Waals surface area contributed by atoms with Crippen molar-refractivity contribution < 1.29 is 9.94 Å². The zero-order chi connectivity index (χ0) is 12.7. The van der Waals surface area contributed by atoms with Gasteiger partial charge in [0.15, 0.2) is 0 Å². The predicted molar refractivity (Wildman–Crippen MR) is 70.2 cm³/mol. The van der Waals surface area contributed by atoms with Crippen molar-refractivity contribution in [2.45, 2.75) is 64.5 Å². The number of hydrogen-bond acceptors (Lipinski definition) is 4. The van der Waals surface area contributed by atoms with E-state index in [0.717, 1.165) is 18.6 Å². The summed E-state index contributed by atoms with van der Waals surface area (Å²) in [5, 5.41) is 17.0. The monoisotopic (exact) mass is 242 g/mol. The zero-order valence-corrected chi connectivity index (χ0v) is 11.3. The van der Waals surface area contributed by atoms with E-state index in [2.05, 4.69) is 31.2 Å². The molecule has 1 saturated carbocycles. The van der Waals surface area contributed by atoms with E-state index < -0.39 is 6.10 Å². The van der Waals surface area contributed by atoms with Gasteiger partial charge >= 0.3 is 0 Å².